The Morgan fingerprint density at radius 1 is 1.17 bits per heavy atom. The van der Waals surface area contributed by atoms with Crippen LogP contribution in [0.4, 0.5) is 0 Å². The third-order valence-electron chi connectivity index (χ3n) is 4.16. The van der Waals surface area contributed by atoms with Crippen LogP contribution in [0.1, 0.15) is 30.5 Å². The van der Waals surface area contributed by atoms with Crippen LogP contribution >= 0.6 is 0 Å². The van der Waals surface area contributed by atoms with Gasteiger partial charge in [0, 0.05) is 11.1 Å². The highest BCUT2D eigenvalue weighted by atomic mass is 16.6. The van der Waals surface area contributed by atoms with E-state index in [-0.39, 0.29) is 5.97 Å². The van der Waals surface area contributed by atoms with Crippen LogP contribution in [-0.4, -0.2) is 18.2 Å². The Bertz CT molecular complexity index is 776. The van der Waals surface area contributed by atoms with Crippen molar-refractivity contribution in [3.05, 3.63) is 65.2 Å². The first-order valence-corrected chi connectivity index (χ1v) is 7.79. The topological polar surface area (TPSA) is 35.5 Å². The lowest BCUT2D eigenvalue weighted by Crippen LogP contribution is -2.40. The molecule has 1 aliphatic rings. The fraction of sp³-hybridized carbons (Fsp3) is 0.250. The summed E-state index contributed by atoms with van der Waals surface area (Å²) in [6.45, 7) is 5.95. The van der Waals surface area contributed by atoms with Crippen molar-refractivity contribution in [2.24, 2.45) is 0 Å². The van der Waals surface area contributed by atoms with Crippen molar-refractivity contribution in [3.63, 3.8) is 0 Å². The number of carbonyl (C=O) groups excluding carboxylic acids is 1. The molecule has 3 nitrogen and oxygen atoms in total. The first-order valence-electron chi connectivity index (χ1n) is 7.79. The molecule has 0 aliphatic carbocycles. The molecule has 1 heterocycles. The number of benzene rings is 2. The molecule has 23 heavy (non-hydrogen) atoms. The van der Waals surface area contributed by atoms with E-state index in [1.807, 2.05) is 48.5 Å². The van der Waals surface area contributed by atoms with Crippen LogP contribution in [0.2, 0.25) is 0 Å². The molecule has 3 rings (SSSR count). The van der Waals surface area contributed by atoms with E-state index < -0.39 is 5.60 Å². The quantitative estimate of drug-likeness (QED) is 0.795. The van der Waals surface area contributed by atoms with E-state index in [0.717, 1.165) is 22.3 Å². The lowest BCUT2D eigenvalue weighted by molar-refractivity contribution is -0.154. The predicted octanol–water partition coefficient (Wildman–Crippen LogP) is 4.25. The van der Waals surface area contributed by atoms with E-state index in [4.69, 9.17) is 9.47 Å². The Morgan fingerprint density at radius 2 is 1.87 bits per heavy atom. The lowest BCUT2D eigenvalue weighted by Gasteiger charge is -2.23. The number of ether oxygens (including phenoxy) is 2. The molecule has 0 spiro atoms. The van der Waals surface area contributed by atoms with E-state index in [9.17, 15) is 4.79 Å². The molecule has 0 bridgehead atoms. The van der Waals surface area contributed by atoms with Crippen molar-refractivity contribution < 1.29 is 14.3 Å². The predicted molar refractivity (Wildman–Crippen MR) is 91.2 cm³/mol. The van der Waals surface area contributed by atoms with Gasteiger partial charge in [0.05, 0.1) is 6.61 Å². The van der Waals surface area contributed by atoms with E-state index in [1.165, 1.54) is 0 Å². The molecule has 3 heteroatoms. The number of para-hydroxylation sites is 1. The van der Waals surface area contributed by atoms with Crippen LogP contribution in [0.5, 0.6) is 5.75 Å². The zero-order chi connectivity index (χ0) is 16.4. The summed E-state index contributed by atoms with van der Waals surface area (Å²) >= 11 is 0. The molecule has 0 aromatic heterocycles. The molecule has 0 fully saturated rings. The fourth-order valence-electron chi connectivity index (χ4n) is 2.85. The van der Waals surface area contributed by atoms with Crippen molar-refractivity contribution in [2.45, 2.75) is 26.4 Å². The summed E-state index contributed by atoms with van der Waals surface area (Å²) in [5.74, 6) is 0.346. The van der Waals surface area contributed by atoms with E-state index in [2.05, 4.69) is 13.0 Å². The van der Waals surface area contributed by atoms with Gasteiger partial charge in [0.15, 0.2) is 0 Å². The van der Waals surface area contributed by atoms with Crippen LogP contribution in [0, 0.1) is 6.92 Å². The molecule has 0 unspecified atom stereocenters. The van der Waals surface area contributed by atoms with Gasteiger partial charge in [-0.1, -0.05) is 42.5 Å². The summed E-state index contributed by atoms with van der Waals surface area (Å²) in [5, 5.41) is 0. The molecule has 0 amide bonds. The van der Waals surface area contributed by atoms with Gasteiger partial charge < -0.3 is 9.47 Å². The average molecular weight is 308 g/mol. The molecular formula is C20H20O3. The zero-order valence-corrected chi connectivity index (χ0v) is 13.6. The highest BCUT2D eigenvalue weighted by molar-refractivity contribution is 6.05. The van der Waals surface area contributed by atoms with Gasteiger partial charge >= 0.3 is 5.97 Å². The number of esters is 1. The second kappa shape index (κ2) is 5.92. The fourth-order valence-corrected chi connectivity index (χ4v) is 2.85. The largest absolute Gasteiger partial charge is 0.470 e. The molecule has 0 saturated heterocycles. The first kappa shape index (κ1) is 15.3. The van der Waals surface area contributed by atoms with Crippen molar-refractivity contribution in [3.8, 4) is 5.75 Å². The normalized spacial score (nSPS) is 20.9. The summed E-state index contributed by atoms with van der Waals surface area (Å²) in [4.78, 5) is 12.5. The van der Waals surface area contributed by atoms with Gasteiger partial charge in [-0.25, -0.2) is 4.79 Å². The molecule has 1 atom stereocenters. The van der Waals surface area contributed by atoms with Crippen molar-refractivity contribution in [1.29, 1.82) is 0 Å². The van der Waals surface area contributed by atoms with E-state index in [0.29, 0.717) is 12.4 Å². The SMILES string of the molecule is CCOC(=O)[C@@]1(C)Oc2ccccc2/C1=C/c1ccccc1C. The number of aryl methyl sites for hydroxylation is 1. The molecule has 0 N–H and O–H groups in total. The maximum atomic E-state index is 12.5. The van der Waals surface area contributed by atoms with Crippen LogP contribution < -0.4 is 4.74 Å². The Hall–Kier alpha value is -2.55. The number of rotatable bonds is 3. The standard InChI is InChI=1S/C20H20O3/c1-4-22-19(21)20(3)17(13-15-10-6-5-9-14(15)2)16-11-7-8-12-18(16)23-20/h5-13H,4H2,1-3H3/b17-13-/t20-/m0/s1. The lowest BCUT2D eigenvalue weighted by atomic mass is 9.89. The summed E-state index contributed by atoms with van der Waals surface area (Å²) in [7, 11) is 0. The third-order valence-corrected chi connectivity index (χ3v) is 4.16. The minimum atomic E-state index is -1.12. The molecule has 2 aromatic carbocycles. The molecule has 1 aliphatic heterocycles. The second-order valence-corrected chi connectivity index (χ2v) is 5.77. The van der Waals surface area contributed by atoms with Gasteiger partial charge in [-0.05, 0) is 44.0 Å². The zero-order valence-electron chi connectivity index (χ0n) is 13.6. The molecule has 2 aromatic rings. The summed E-state index contributed by atoms with van der Waals surface area (Å²) < 4.78 is 11.2. The molecule has 0 saturated carbocycles. The van der Waals surface area contributed by atoms with Crippen LogP contribution in [0.15, 0.2) is 48.5 Å². The Kier molecular flexibility index (Phi) is 3.95. The van der Waals surface area contributed by atoms with E-state index >= 15 is 0 Å². The third kappa shape index (κ3) is 2.63. The summed E-state index contributed by atoms with van der Waals surface area (Å²) in [6, 6.07) is 15.8. The molecule has 118 valence electrons. The van der Waals surface area contributed by atoms with E-state index in [1.54, 1.807) is 13.8 Å². The minimum absolute atomic E-state index is 0.325. The van der Waals surface area contributed by atoms with Gasteiger partial charge in [-0.2, -0.15) is 0 Å². The monoisotopic (exact) mass is 308 g/mol. The summed E-state index contributed by atoms with van der Waals surface area (Å²) in [6.07, 6.45) is 2.03. The highest BCUT2D eigenvalue weighted by Crippen LogP contribution is 2.45. The van der Waals surface area contributed by atoms with Gasteiger partial charge in [-0.3, -0.25) is 0 Å². The van der Waals surface area contributed by atoms with Crippen LogP contribution in [0.25, 0.3) is 11.6 Å². The number of hydrogen-bond donors (Lipinski definition) is 0. The summed E-state index contributed by atoms with van der Waals surface area (Å²) in [5.41, 5.74) is 2.86. The smallest absolute Gasteiger partial charge is 0.354 e. The number of hydrogen-bond acceptors (Lipinski definition) is 3. The Morgan fingerprint density at radius 3 is 2.61 bits per heavy atom. The molecule has 0 radical (unpaired) electrons. The molecular weight excluding hydrogens is 288 g/mol. The van der Waals surface area contributed by atoms with Gasteiger partial charge in [0.2, 0.25) is 5.60 Å². The Labute approximate surface area is 136 Å². The minimum Gasteiger partial charge on any atom is -0.470 e. The van der Waals surface area contributed by atoms with Crippen molar-refractivity contribution >= 4 is 17.6 Å². The van der Waals surface area contributed by atoms with Crippen LogP contribution in [-0.2, 0) is 9.53 Å². The van der Waals surface area contributed by atoms with Gasteiger partial charge in [-0.15, -0.1) is 0 Å². The maximum Gasteiger partial charge on any atom is 0.354 e. The van der Waals surface area contributed by atoms with Gasteiger partial charge in [0.25, 0.3) is 0 Å². The number of carbonyl (C=O) groups is 1. The van der Waals surface area contributed by atoms with Crippen molar-refractivity contribution in [2.75, 3.05) is 6.61 Å². The van der Waals surface area contributed by atoms with Crippen LogP contribution in [0.3, 0.4) is 0 Å². The highest BCUT2D eigenvalue weighted by Gasteiger charge is 2.47. The number of fused-ring (bicyclic) bond motifs is 1. The maximum absolute atomic E-state index is 12.5. The first-order chi connectivity index (χ1) is 11.1. The second-order valence-electron chi connectivity index (χ2n) is 5.77. The average Bonchev–Trinajstić information content (AvgIpc) is 2.83. The Balaban J connectivity index is 2.16. The van der Waals surface area contributed by atoms with Crippen molar-refractivity contribution in [1.82, 2.24) is 0 Å². The van der Waals surface area contributed by atoms with Gasteiger partial charge in [0.1, 0.15) is 5.75 Å².